The molecule has 0 saturated heterocycles. The lowest BCUT2D eigenvalue weighted by Crippen LogP contribution is -2.34. The molecule has 4 nitrogen and oxygen atoms in total. The number of aromatic nitrogens is 2. The molecule has 17 heavy (non-hydrogen) atoms. The summed E-state index contributed by atoms with van der Waals surface area (Å²) in [5, 5.41) is 0. The Morgan fingerprint density at radius 3 is 2.65 bits per heavy atom. The van der Waals surface area contributed by atoms with Crippen LogP contribution in [0.15, 0.2) is 6.33 Å². The second-order valence-corrected chi connectivity index (χ2v) is 5.10. The van der Waals surface area contributed by atoms with Gasteiger partial charge in [0, 0.05) is 18.2 Å². The molecule has 1 aromatic heterocycles. The van der Waals surface area contributed by atoms with Gasteiger partial charge in [0.05, 0.1) is 0 Å². The first-order valence-corrected chi connectivity index (χ1v) is 6.49. The minimum atomic E-state index is 0.454. The third-order valence-electron chi connectivity index (χ3n) is 3.36. The maximum absolute atomic E-state index is 5.94. The Hall–Kier alpha value is -1.32. The van der Waals surface area contributed by atoms with Crippen LogP contribution in [0, 0.1) is 5.92 Å². The van der Waals surface area contributed by atoms with Crippen LogP contribution < -0.4 is 10.6 Å². The highest BCUT2D eigenvalue weighted by atomic mass is 15.2. The maximum atomic E-state index is 5.94. The smallest absolute Gasteiger partial charge is 0.137 e. The van der Waals surface area contributed by atoms with Crippen LogP contribution in [-0.2, 0) is 6.42 Å². The molecule has 2 rings (SSSR count). The fourth-order valence-electron chi connectivity index (χ4n) is 2.12. The molecule has 1 aliphatic carbocycles. The van der Waals surface area contributed by atoms with E-state index in [1.165, 1.54) is 12.8 Å². The van der Waals surface area contributed by atoms with Gasteiger partial charge in [-0.15, -0.1) is 0 Å². The molecule has 0 radical (unpaired) electrons. The Bertz CT molecular complexity index is 385. The predicted octanol–water partition coefficient (Wildman–Crippen LogP) is 2.25. The maximum Gasteiger partial charge on any atom is 0.137 e. The van der Waals surface area contributed by atoms with Crippen LogP contribution in [0.5, 0.6) is 0 Å². The average Bonchev–Trinajstić information content (AvgIpc) is 3.09. The number of rotatable bonds is 5. The van der Waals surface area contributed by atoms with Gasteiger partial charge < -0.3 is 10.6 Å². The fraction of sp³-hybridized carbons (Fsp3) is 0.692. The van der Waals surface area contributed by atoms with Crippen molar-refractivity contribution < 1.29 is 0 Å². The molecule has 0 atom stereocenters. The van der Waals surface area contributed by atoms with E-state index in [1.54, 1.807) is 6.33 Å². The van der Waals surface area contributed by atoms with E-state index < -0.39 is 0 Å². The molecular weight excluding hydrogens is 212 g/mol. The van der Waals surface area contributed by atoms with Crippen molar-refractivity contribution in [3.05, 3.63) is 11.9 Å². The van der Waals surface area contributed by atoms with Gasteiger partial charge in [0.15, 0.2) is 0 Å². The van der Waals surface area contributed by atoms with Crippen LogP contribution in [-0.4, -0.2) is 22.6 Å². The van der Waals surface area contributed by atoms with Crippen LogP contribution in [0.1, 0.15) is 39.2 Å². The molecule has 1 aliphatic rings. The summed E-state index contributed by atoms with van der Waals surface area (Å²) in [6.07, 6.45) is 5.17. The summed E-state index contributed by atoms with van der Waals surface area (Å²) >= 11 is 0. The van der Waals surface area contributed by atoms with E-state index in [2.05, 4.69) is 35.6 Å². The van der Waals surface area contributed by atoms with E-state index in [0.29, 0.717) is 11.9 Å². The minimum Gasteiger partial charge on any atom is -0.383 e. The van der Waals surface area contributed by atoms with Crippen LogP contribution in [0.4, 0.5) is 11.6 Å². The van der Waals surface area contributed by atoms with Gasteiger partial charge in [-0.25, -0.2) is 9.97 Å². The van der Waals surface area contributed by atoms with Crippen LogP contribution in [0.2, 0.25) is 0 Å². The third kappa shape index (κ3) is 2.68. The summed E-state index contributed by atoms with van der Waals surface area (Å²) in [5.41, 5.74) is 7.02. The topological polar surface area (TPSA) is 55.0 Å². The van der Waals surface area contributed by atoms with Crippen molar-refractivity contribution in [2.45, 2.75) is 46.1 Å². The molecule has 94 valence electrons. The number of hydrogen-bond acceptors (Lipinski definition) is 4. The SMILES string of the molecule is CCc1c(N)ncnc1N(CC1CC1)C(C)C. The van der Waals surface area contributed by atoms with Crippen molar-refractivity contribution in [2.75, 3.05) is 17.2 Å². The highest BCUT2D eigenvalue weighted by Crippen LogP contribution is 2.33. The lowest BCUT2D eigenvalue weighted by atomic mass is 10.1. The predicted molar refractivity (Wildman–Crippen MR) is 71.0 cm³/mol. The Balaban J connectivity index is 2.30. The summed E-state index contributed by atoms with van der Waals surface area (Å²) in [6, 6.07) is 0.454. The number of nitrogens with zero attached hydrogens (tertiary/aromatic N) is 3. The Labute approximate surface area is 103 Å². The molecule has 1 heterocycles. The molecule has 0 aromatic carbocycles. The van der Waals surface area contributed by atoms with Gasteiger partial charge in [-0.3, -0.25) is 0 Å². The van der Waals surface area contributed by atoms with Gasteiger partial charge >= 0.3 is 0 Å². The normalized spacial score (nSPS) is 15.3. The molecule has 0 aliphatic heterocycles. The summed E-state index contributed by atoms with van der Waals surface area (Å²) in [7, 11) is 0. The van der Waals surface area contributed by atoms with Gasteiger partial charge in [0.2, 0.25) is 0 Å². The Morgan fingerprint density at radius 1 is 1.41 bits per heavy atom. The lowest BCUT2D eigenvalue weighted by Gasteiger charge is -2.29. The van der Waals surface area contributed by atoms with Crippen LogP contribution in [0.25, 0.3) is 0 Å². The average molecular weight is 234 g/mol. The van der Waals surface area contributed by atoms with Gasteiger partial charge in [0.25, 0.3) is 0 Å². The van der Waals surface area contributed by atoms with Crippen molar-refractivity contribution in [1.82, 2.24) is 9.97 Å². The molecule has 1 saturated carbocycles. The van der Waals surface area contributed by atoms with Gasteiger partial charge in [-0.05, 0) is 39.0 Å². The molecule has 0 bridgehead atoms. The minimum absolute atomic E-state index is 0.454. The van der Waals surface area contributed by atoms with Crippen molar-refractivity contribution in [2.24, 2.45) is 5.92 Å². The highest BCUT2D eigenvalue weighted by molar-refractivity contribution is 5.57. The first-order chi connectivity index (χ1) is 8.13. The quantitative estimate of drug-likeness (QED) is 0.849. The second-order valence-electron chi connectivity index (χ2n) is 5.10. The molecule has 1 aromatic rings. The molecular formula is C13H22N4. The van der Waals surface area contributed by atoms with Gasteiger partial charge in [0.1, 0.15) is 18.0 Å². The van der Waals surface area contributed by atoms with E-state index in [0.717, 1.165) is 30.3 Å². The van der Waals surface area contributed by atoms with E-state index in [-0.39, 0.29) is 0 Å². The zero-order valence-corrected chi connectivity index (χ0v) is 11.0. The van der Waals surface area contributed by atoms with Crippen LogP contribution >= 0.6 is 0 Å². The molecule has 2 N–H and O–H groups in total. The number of nitrogens with two attached hydrogens (primary N) is 1. The first kappa shape index (κ1) is 12.1. The van der Waals surface area contributed by atoms with E-state index >= 15 is 0 Å². The summed E-state index contributed by atoms with van der Waals surface area (Å²) in [4.78, 5) is 10.9. The van der Waals surface area contributed by atoms with E-state index in [4.69, 9.17) is 5.73 Å². The standard InChI is InChI=1S/C13H22N4/c1-4-11-12(14)15-8-16-13(11)17(9(2)3)7-10-5-6-10/h8-10H,4-7H2,1-3H3,(H2,14,15,16). The second kappa shape index (κ2) is 4.90. The zero-order valence-electron chi connectivity index (χ0n) is 11.0. The lowest BCUT2D eigenvalue weighted by molar-refractivity contribution is 0.632. The third-order valence-corrected chi connectivity index (χ3v) is 3.36. The Morgan fingerprint density at radius 2 is 2.12 bits per heavy atom. The van der Waals surface area contributed by atoms with Crippen molar-refractivity contribution >= 4 is 11.6 Å². The monoisotopic (exact) mass is 234 g/mol. The highest BCUT2D eigenvalue weighted by Gasteiger charge is 2.27. The van der Waals surface area contributed by atoms with Crippen molar-refractivity contribution in [3.63, 3.8) is 0 Å². The molecule has 0 spiro atoms. The van der Waals surface area contributed by atoms with Crippen LogP contribution in [0.3, 0.4) is 0 Å². The van der Waals surface area contributed by atoms with Crippen molar-refractivity contribution in [3.8, 4) is 0 Å². The fourth-order valence-corrected chi connectivity index (χ4v) is 2.12. The largest absolute Gasteiger partial charge is 0.383 e. The first-order valence-electron chi connectivity index (χ1n) is 6.49. The molecule has 1 fully saturated rings. The summed E-state index contributed by atoms with van der Waals surface area (Å²) in [6.45, 7) is 7.62. The summed E-state index contributed by atoms with van der Waals surface area (Å²) < 4.78 is 0. The molecule has 0 amide bonds. The van der Waals surface area contributed by atoms with E-state index in [1.807, 2.05) is 0 Å². The Kier molecular flexibility index (Phi) is 3.50. The number of hydrogen-bond donors (Lipinski definition) is 1. The molecule has 0 unspecified atom stereocenters. The summed E-state index contributed by atoms with van der Waals surface area (Å²) in [5.74, 6) is 2.50. The zero-order chi connectivity index (χ0) is 12.4. The van der Waals surface area contributed by atoms with Crippen molar-refractivity contribution in [1.29, 1.82) is 0 Å². The number of anilines is 2. The molecule has 4 heteroatoms. The van der Waals surface area contributed by atoms with Gasteiger partial charge in [-0.2, -0.15) is 0 Å². The van der Waals surface area contributed by atoms with E-state index in [9.17, 15) is 0 Å². The van der Waals surface area contributed by atoms with Gasteiger partial charge in [-0.1, -0.05) is 6.92 Å². The number of nitrogen functional groups attached to an aromatic ring is 1.